The van der Waals surface area contributed by atoms with Crippen LogP contribution in [0.3, 0.4) is 0 Å². The van der Waals surface area contributed by atoms with Crippen molar-refractivity contribution >= 4 is 34.7 Å². The van der Waals surface area contributed by atoms with Gasteiger partial charge in [0.25, 0.3) is 0 Å². The molecule has 2 N–H and O–H groups in total. The van der Waals surface area contributed by atoms with E-state index in [0.29, 0.717) is 17.3 Å². The van der Waals surface area contributed by atoms with Gasteiger partial charge < -0.3 is 10.6 Å². The zero-order chi connectivity index (χ0) is 13.8. The molecule has 0 aliphatic heterocycles. The fourth-order valence-corrected chi connectivity index (χ4v) is 2.71. The molecular formula is C13H14ClN3OS. The van der Waals surface area contributed by atoms with Gasteiger partial charge in [-0.25, -0.2) is 9.78 Å². The maximum Gasteiger partial charge on any atom is 0.319 e. The molecule has 1 aromatic carbocycles. The summed E-state index contributed by atoms with van der Waals surface area (Å²) in [5.41, 5.74) is 1.63. The molecule has 6 heteroatoms. The maximum atomic E-state index is 11.7. The molecule has 0 radical (unpaired) electrons. The third-order valence-corrected chi connectivity index (χ3v) is 3.80. The molecule has 1 aromatic heterocycles. The first kappa shape index (κ1) is 13.8. The van der Waals surface area contributed by atoms with Crippen molar-refractivity contribution in [2.75, 3.05) is 5.32 Å². The van der Waals surface area contributed by atoms with E-state index < -0.39 is 0 Å². The number of anilines is 1. The Balaban J connectivity index is 1.90. The lowest BCUT2D eigenvalue weighted by atomic mass is 10.3. The van der Waals surface area contributed by atoms with E-state index in [1.54, 1.807) is 35.6 Å². The largest absolute Gasteiger partial charge is 0.333 e. The van der Waals surface area contributed by atoms with Gasteiger partial charge in [-0.1, -0.05) is 17.7 Å². The van der Waals surface area contributed by atoms with Crippen molar-refractivity contribution < 1.29 is 4.79 Å². The summed E-state index contributed by atoms with van der Waals surface area (Å²) in [6.45, 7) is 4.37. The van der Waals surface area contributed by atoms with E-state index in [-0.39, 0.29) is 6.03 Å². The highest BCUT2D eigenvalue weighted by Gasteiger charge is 2.07. The molecule has 2 aromatic rings. The molecular weight excluding hydrogens is 282 g/mol. The zero-order valence-electron chi connectivity index (χ0n) is 10.7. The molecule has 0 fully saturated rings. The Bertz CT molecular complexity index is 597. The molecule has 0 aliphatic rings. The molecule has 2 rings (SSSR count). The molecule has 0 aliphatic carbocycles. The number of nitrogens with one attached hydrogen (secondary N) is 2. The summed E-state index contributed by atoms with van der Waals surface area (Å²) in [5, 5.41) is 7.12. The lowest BCUT2D eigenvalue weighted by molar-refractivity contribution is 0.252. The minimum absolute atomic E-state index is 0.257. The highest BCUT2D eigenvalue weighted by molar-refractivity contribution is 7.11. The van der Waals surface area contributed by atoms with Gasteiger partial charge in [0.1, 0.15) is 0 Å². The third kappa shape index (κ3) is 3.94. The second kappa shape index (κ2) is 6.04. The topological polar surface area (TPSA) is 54.0 Å². The van der Waals surface area contributed by atoms with Crippen LogP contribution >= 0.6 is 22.9 Å². The summed E-state index contributed by atoms with van der Waals surface area (Å²) in [6, 6.07) is 6.77. The van der Waals surface area contributed by atoms with Crippen molar-refractivity contribution in [3.8, 4) is 0 Å². The molecule has 0 saturated heterocycles. The van der Waals surface area contributed by atoms with E-state index in [4.69, 9.17) is 11.6 Å². The van der Waals surface area contributed by atoms with E-state index in [1.807, 2.05) is 13.8 Å². The fourth-order valence-electron chi connectivity index (χ4n) is 1.64. The van der Waals surface area contributed by atoms with Crippen molar-refractivity contribution in [1.82, 2.24) is 10.3 Å². The van der Waals surface area contributed by atoms with Gasteiger partial charge in [-0.15, -0.1) is 11.3 Å². The highest BCUT2D eigenvalue weighted by Crippen LogP contribution is 2.17. The van der Waals surface area contributed by atoms with Crippen molar-refractivity contribution in [2.45, 2.75) is 20.4 Å². The van der Waals surface area contributed by atoms with E-state index in [2.05, 4.69) is 15.6 Å². The van der Waals surface area contributed by atoms with Gasteiger partial charge in [-0.2, -0.15) is 0 Å². The molecule has 0 bridgehead atoms. The van der Waals surface area contributed by atoms with Crippen LogP contribution in [0, 0.1) is 13.8 Å². The Kier molecular flexibility index (Phi) is 4.39. The summed E-state index contributed by atoms with van der Waals surface area (Å²) in [7, 11) is 0. The average molecular weight is 296 g/mol. The molecule has 1 heterocycles. The minimum atomic E-state index is -0.257. The number of halogens is 1. The molecule has 0 atom stereocenters. The van der Waals surface area contributed by atoms with Gasteiger partial charge in [-0.05, 0) is 32.0 Å². The standard InChI is InChI=1S/C13H14ClN3OS/c1-8-12(19-9(2)16-8)7-15-13(18)17-11-5-3-4-10(14)6-11/h3-6H,7H2,1-2H3,(H2,15,17,18). The van der Waals surface area contributed by atoms with E-state index >= 15 is 0 Å². The van der Waals surface area contributed by atoms with Crippen molar-refractivity contribution in [2.24, 2.45) is 0 Å². The zero-order valence-corrected chi connectivity index (χ0v) is 12.2. The third-order valence-electron chi connectivity index (χ3n) is 2.49. The van der Waals surface area contributed by atoms with Crippen LogP contribution in [-0.2, 0) is 6.54 Å². The van der Waals surface area contributed by atoms with Crippen LogP contribution in [0.5, 0.6) is 0 Å². The van der Waals surface area contributed by atoms with E-state index in [0.717, 1.165) is 15.6 Å². The van der Waals surface area contributed by atoms with Gasteiger partial charge in [0, 0.05) is 15.6 Å². The first-order valence-electron chi connectivity index (χ1n) is 5.78. The number of thiazole rings is 1. The van der Waals surface area contributed by atoms with Crippen molar-refractivity contribution in [1.29, 1.82) is 0 Å². The second-order valence-electron chi connectivity index (χ2n) is 4.06. The van der Waals surface area contributed by atoms with Crippen LogP contribution in [0.25, 0.3) is 0 Å². The highest BCUT2D eigenvalue weighted by atomic mass is 35.5. The normalized spacial score (nSPS) is 10.3. The van der Waals surface area contributed by atoms with E-state index in [9.17, 15) is 4.79 Å². The molecule has 0 spiro atoms. The predicted octanol–water partition coefficient (Wildman–Crippen LogP) is 3.74. The number of carbonyl (C=O) groups excluding carboxylic acids is 1. The summed E-state index contributed by atoms with van der Waals surface area (Å²) < 4.78 is 0. The fraction of sp³-hybridized carbons (Fsp3) is 0.231. The lowest BCUT2D eigenvalue weighted by Gasteiger charge is -2.07. The first-order chi connectivity index (χ1) is 9.04. The smallest absolute Gasteiger partial charge is 0.319 e. The molecule has 0 unspecified atom stereocenters. The lowest BCUT2D eigenvalue weighted by Crippen LogP contribution is -2.28. The minimum Gasteiger partial charge on any atom is -0.333 e. The molecule has 2 amide bonds. The van der Waals surface area contributed by atoms with Crippen LogP contribution < -0.4 is 10.6 Å². The maximum absolute atomic E-state index is 11.7. The predicted molar refractivity (Wildman–Crippen MR) is 78.9 cm³/mol. The number of aryl methyl sites for hydroxylation is 2. The van der Waals surface area contributed by atoms with Crippen LogP contribution in [0.2, 0.25) is 5.02 Å². The Morgan fingerprint density at radius 2 is 2.21 bits per heavy atom. The second-order valence-corrected chi connectivity index (χ2v) is 5.78. The van der Waals surface area contributed by atoms with Crippen LogP contribution in [0.15, 0.2) is 24.3 Å². The number of carbonyl (C=O) groups is 1. The summed E-state index contributed by atoms with van der Waals surface area (Å²) in [6.07, 6.45) is 0. The van der Waals surface area contributed by atoms with Gasteiger partial charge in [0.2, 0.25) is 0 Å². The number of amides is 2. The van der Waals surface area contributed by atoms with Crippen molar-refractivity contribution in [3.05, 3.63) is 44.9 Å². The summed E-state index contributed by atoms with van der Waals surface area (Å²) in [4.78, 5) is 17.1. The summed E-state index contributed by atoms with van der Waals surface area (Å²) >= 11 is 7.44. The van der Waals surface area contributed by atoms with Crippen LogP contribution in [0.1, 0.15) is 15.6 Å². The number of benzene rings is 1. The molecule has 100 valence electrons. The Hall–Kier alpha value is -1.59. The van der Waals surface area contributed by atoms with E-state index in [1.165, 1.54) is 0 Å². The van der Waals surface area contributed by atoms with Gasteiger partial charge in [-0.3, -0.25) is 0 Å². The Morgan fingerprint density at radius 3 is 2.84 bits per heavy atom. The summed E-state index contributed by atoms with van der Waals surface area (Å²) in [5.74, 6) is 0. The molecule has 19 heavy (non-hydrogen) atoms. The number of hydrogen-bond acceptors (Lipinski definition) is 3. The number of aromatic nitrogens is 1. The quantitative estimate of drug-likeness (QED) is 0.906. The number of rotatable bonds is 3. The van der Waals surface area contributed by atoms with Gasteiger partial charge >= 0.3 is 6.03 Å². The average Bonchev–Trinajstić information content (AvgIpc) is 2.65. The van der Waals surface area contributed by atoms with Gasteiger partial charge in [0.05, 0.1) is 17.2 Å². The van der Waals surface area contributed by atoms with Gasteiger partial charge in [0.15, 0.2) is 0 Å². The number of urea groups is 1. The monoisotopic (exact) mass is 295 g/mol. The molecule has 0 saturated carbocycles. The number of nitrogens with zero attached hydrogens (tertiary/aromatic N) is 1. The Labute approximate surface area is 120 Å². The number of hydrogen-bond donors (Lipinski definition) is 2. The first-order valence-corrected chi connectivity index (χ1v) is 6.97. The van der Waals surface area contributed by atoms with Crippen LogP contribution in [-0.4, -0.2) is 11.0 Å². The Morgan fingerprint density at radius 1 is 1.42 bits per heavy atom. The van der Waals surface area contributed by atoms with Crippen molar-refractivity contribution in [3.63, 3.8) is 0 Å². The van der Waals surface area contributed by atoms with Crippen LogP contribution in [0.4, 0.5) is 10.5 Å². The molecule has 4 nitrogen and oxygen atoms in total. The SMILES string of the molecule is Cc1nc(C)c(CNC(=O)Nc2cccc(Cl)c2)s1.